The fourth-order valence-corrected chi connectivity index (χ4v) is 3.12. The second kappa shape index (κ2) is 6.59. The summed E-state index contributed by atoms with van der Waals surface area (Å²) in [5.41, 5.74) is 0.605. The molecule has 2 aromatic carbocycles. The molecule has 0 bridgehead atoms. The predicted molar refractivity (Wildman–Crippen MR) is 96.3 cm³/mol. The molecular weight excluding hydrogens is 335 g/mol. The van der Waals surface area contributed by atoms with Crippen LogP contribution in [-0.2, 0) is 19.5 Å². The van der Waals surface area contributed by atoms with Gasteiger partial charge in [0.2, 0.25) is 5.95 Å². The summed E-state index contributed by atoms with van der Waals surface area (Å²) in [5, 5.41) is 4.41. The van der Waals surface area contributed by atoms with Crippen molar-refractivity contribution >= 4 is 11.6 Å². The van der Waals surface area contributed by atoms with E-state index in [0.29, 0.717) is 32.0 Å². The van der Waals surface area contributed by atoms with Crippen LogP contribution < -0.4 is 16.0 Å². The molecule has 26 heavy (non-hydrogen) atoms. The zero-order valence-corrected chi connectivity index (χ0v) is 14.0. The molecule has 1 aromatic heterocycles. The molecule has 3 aromatic rings. The Balaban J connectivity index is 1.69. The van der Waals surface area contributed by atoms with Crippen LogP contribution in [0.15, 0.2) is 64.2 Å². The number of benzene rings is 2. The fraction of sp³-hybridized carbons (Fsp3) is 0.211. The summed E-state index contributed by atoms with van der Waals surface area (Å²) in [6, 6.07) is 15.7. The normalized spacial score (nSPS) is 13.0. The van der Waals surface area contributed by atoms with Crippen molar-refractivity contribution in [2.45, 2.75) is 19.5 Å². The molecule has 0 aliphatic carbocycles. The Morgan fingerprint density at radius 3 is 2.38 bits per heavy atom. The monoisotopic (exact) mass is 352 g/mol. The van der Waals surface area contributed by atoms with Gasteiger partial charge in [0.05, 0.1) is 0 Å². The first-order chi connectivity index (χ1) is 12.6. The van der Waals surface area contributed by atoms with Crippen molar-refractivity contribution in [3.8, 4) is 0 Å². The van der Waals surface area contributed by atoms with Gasteiger partial charge in [-0.3, -0.25) is 14.2 Å². The van der Waals surface area contributed by atoms with Gasteiger partial charge >= 0.3 is 11.1 Å². The molecule has 7 heteroatoms. The Labute approximate surface area is 148 Å². The molecule has 132 valence electrons. The van der Waals surface area contributed by atoms with Gasteiger partial charge in [0.25, 0.3) is 0 Å². The number of halogens is 1. The summed E-state index contributed by atoms with van der Waals surface area (Å²) >= 11 is 0. The topological polar surface area (TPSA) is 60.1 Å². The van der Waals surface area contributed by atoms with Crippen molar-refractivity contribution < 1.29 is 4.39 Å². The maximum Gasteiger partial charge on any atom is 0.332 e. The van der Waals surface area contributed by atoms with Gasteiger partial charge in [-0.25, -0.2) is 9.07 Å². The first-order valence-electron chi connectivity index (χ1n) is 8.42. The van der Waals surface area contributed by atoms with E-state index in [4.69, 9.17) is 0 Å². The SMILES string of the molecule is O=c1c(=O)n2c(nn1CCc1ccccc1)N(c1ccc(F)cc1)CC2. The first-order valence-corrected chi connectivity index (χ1v) is 8.42. The summed E-state index contributed by atoms with van der Waals surface area (Å²) in [6.07, 6.45) is 0.604. The lowest BCUT2D eigenvalue weighted by Crippen LogP contribution is -2.42. The van der Waals surface area contributed by atoms with Crippen molar-refractivity contribution in [2.24, 2.45) is 0 Å². The van der Waals surface area contributed by atoms with Gasteiger partial charge in [-0.15, -0.1) is 5.10 Å². The minimum absolute atomic E-state index is 0.323. The van der Waals surface area contributed by atoms with Gasteiger partial charge < -0.3 is 4.90 Å². The van der Waals surface area contributed by atoms with Crippen LogP contribution in [0.4, 0.5) is 16.0 Å². The zero-order valence-electron chi connectivity index (χ0n) is 14.0. The van der Waals surface area contributed by atoms with Gasteiger partial charge in [-0.1, -0.05) is 30.3 Å². The number of fused-ring (bicyclic) bond motifs is 1. The van der Waals surface area contributed by atoms with Crippen LogP contribution in [0.25, 0.3) is 0 Å². The smallest absolute Gasteiger partial charge is 0.309 e. The van der Waals surface area contributed by atoms with Gasteiger partial charge in [0, 0.05) is 25.3 Å². The fourth-order valence-electron chi connectivity index (χ4n) is 3.12. The third-order valence-corrected chi connectivity index (χ3v) is 4.50. The van der Waals surface area contributed by atoms with Crippen LogP contribution in [0, 0.1) is 5.82 Å². The van der Waals surface area contributed by atoms with Crippen molar-refractivity contribution in [1.82, 2.24) is 14.3 Å². The number of nitrogens with zero attached hydrogens (tertiary/aromatic N) is 4. The molecular formula is C19H17FN4O2. The Morgan fingerprint density at radius 1 is 0.923 bits per heavy atom. The standard InChI is InChI=1S/C19H17FN4O2/c20-15-6-8-16(9-7-15)22-12-13-23-17(25)18(26)24(21-19(22)23)11-10-14-4-2-1-3-5-14/h1-9H,10-13H2. The first kappa shape index (κ1) is 16.3. The summed E-state index contributed by atoms with van der Waals surface area (Å²) in [7, 11) is 0. The van der Waals surface area contributed by atoms with E-state index in [1.54, 1.807) is 12.1 Å². The van der Waals surface area contributed by atoms with Gasteiger partial charge in [0.15, 0.2) is 0 Å². The predicted octanol–water partition coefficient (Wildman–Crippen LogP) is 1.94. The van der Waals surface area contributed by atoms with E-state index in [2.05, 4.69) is 5.10 Å². The summed E-state index contributed by atoms with van der Waals surface area (Å²) in [5.74, 6) is 0.0837. The second-order valence-electron chi connectivity index (χ2n) is 6.15. The van der Waals surface area contributed by atoms with E-state index in [9.17, 15) is 14.0 Å². The molecule has 0 saturated heterocycles. The van der Waals surface area contributed by atoms with E-state index in [-0.39, 0.29) is 5.82 Å². The maximum atomic E-state index is 13.2. The van der Waals surface area contributed by atoms with Crippen LogP contribution in [0.1, 0.15) is 5.56 Å². The quantitative estimate of drug-likeness (QED) is 0.674. The van der Waals surface area contributed by atoms with Crippen LogP contribution >= 0.6 is 0 Å². The van der Waals surface area contributed by atoms with Crippen molar-refractivity contribution in [3.05, 3.63) is 86.7 Å². The highest BCUT2D eigenvalue weighted by molar-refractivity contribution is 5.58. The molecule has 0 fully saturated rings. The number of rotatable bonds is 4. The molecule has 0 spiro atoms. The average Bonchev–Trinajstić information content (AvgIpc) is 3.09. The highest BCUT2D eigenvalue weighted by atomic mass is 19.1. The average molecular weight is 352 g/mol. The highest BCUT2D eigenvalue weighted by Gasteiger charge is 2.25. The molecule has 0 radical (unpaired) electrons. The second-order valence-corrected chi connectivity index (χ2v) is 6.15. The van der Waals surface area contributed by atoms with Crippen LogP contribution in [0.3, 0.4) is 0 Å². The summed E-state index contributed by atoms with van der Waals surface area (Å²) < 4.78 is 15.8. The lowest BCUT2D eigenvalue weighted by molar-refractivity contribution is 0.547. The highest BCUT2D eigenvalue weighted by Crippen LogP contribution is 2.26. The largest absolute Gasteiger partial charge is 0.332 e. The Bertz CT molecular complexity index is 1040. The Morgan fingerprint density at radius 2 is 1.65 bits per heavy atom. The maximum absolute atomic E-state index is 13.2. The molecule has 4 rings (SSSR count). The molecule has 0 amide bonds. The molecule has 2 heterocycles. The Hall–Kier alpha value is -3.22. The summed E-state index contributed by atoms with van der Waals surface area (Å²) in [4.78, 5) is 26.6. The third kappa shape index (κ3) is 2.92. The van der Waals surface area contributed by atoms with Crippen LogP contribution in [-0.4, -0.2) is 20.9 Å². The van der Waals surface area contributed by atoms with Crippen LogP contribution in [0.5, 0.6) is 0 Å². The Kier molecular flexibility index (Phi) is 4.12. The van der Waals surface area contributed by atoms with E-state index >= 15 is 0 Å². The number of aryl methyl sites for hydroxylation is 2. The number of hydrogen-bond acceptors (Lipinski definition) is 4. The minimum atomic E-state index is -0.620. The number of anilines is 2. The van der Waals surface area contributed by atoms with Crippen LogP contribution in [0.2, 0.25) is 0 Å². The van der Waals surface area contributed by atoms with Crippen molar-refractivity contribution in [2.75, 3.05) is 11.4 Å². The number of aromatic nitrogens is 3. The molecule has 1 aliphatic rings. The third-order valence-electron chi connectivity index (χ3n) is 4.50. The molecule has 0 unspecified atom stereocenters. The van der Waals surface area contributed by atoms with Gasteiger partial charge in [-0.2, -0.15) is 0 Å². The molecule has 0 N–H and O–H groups in total. The minimum Gasteiger partial charge on any atom is -0.309 e. The summed E-state index contributed by atoms with van der Waals surface area (Å²) in [6.45, 7) is 1.21. The van der Waals surface area contributed by atoms with Gasteiger partial charge in [0.1, 0.15) is 5.82 Å². The molecule has 0 atom stereocenters. The molecule has 1 aliphatic heterocycles. The van der Waals surface area contributed by atoms with E-state index in [1.165, 1.54) is 21.4 Å². The zero-order chi connectivity index (χ0) is 18.1. The van der Waals surface area contributed by atoms with E-state index in [0.717, 1.165) is 11.3 Å². The molecule has 6 nitrogen and oxygen atoms in total. The molecule has 0 saturated carbocycles. The van der Waals surface area contributed by atoms with E-state index < -0.39 is 11.1 Å². The van der Waals surface area contributed by atoms with Crippen molar-refractivity contribution in [3.63, 3.8) is 0 Å². The number of hydrogen-bond donors (Lipinski definition) is 0. The lowest BCUT2D eigenvalue weighted by Gasteiger charge is -2.17. The van der Waals surface area contributed by atoms with E-state index in [1.807, 2.05) is 35.2 Å². The van der Waals surface area contributed by atoms with Gasteiger partial charge in [-0.05, 0) is 36.2 Å². The van der Waals surface area contributed by atoms with Crippen molar-refractivity contribution in [1.29, 1.82) is 0 Å². The lowest BCUT2D eigenvalue weighted by atomic mass is 10.1.